The Bertz CT molecular complexity index is 600. The van der Waals surface area contributed by atoms with Gasteiger partial charge in [0.15, 0.2) is 0 Å². The van der Waals surface area contributed by atoms with E-state index in [2.05, 4.69) is 10.3 Å². The standard InChI is InChI=1S/C13H11N3O4/c17-13(18)10-3-1-2-9(6-10)8-15-12-7-11(16(19)20)4-5-14-12/h1-7H,8H2,(H,14,15)(H,17,18). The lowest BCUT2D eigenvalue weighted by atomic mass is 10.1. The van der Waals surface area contributed by atoms with Gasteiger partial charge in [-0.1, -0.05) is 12.1 Å². The van der Waals surface area contributed by atoms with Crippen molar-refractivity contribution in [2.75, 3.05) is 5.32 Å². The third-order valence-corrected chi connectivity index (χ3v) is 2.60. The summed E-state index contributed by atoms with van der Waals surface area (Å²) in [7, 11) is 0. The van der Waals surface area contributed by atoms with Crippen LogP contribution in [0.25, 0.3) is 0 Å². The van der Waals surface area contributed by atoms with Crippen molar-refractivity contribution in [3.63, 3.8) is 0 Å². The number of hydrogen-bond acceptors (Lipinski definition) is 5. The zero-order chi connectivity index (χ0) is 14.5. The minimum atomic E-state index is -1.000. The van der Waals surface area contributed by atoms with E-state index in [1.165, 1.54) is 30.5 Å². The Morgan fingerprint density at radius 2 is 2.15 bits per heavy atom. The van der Waals surface area contributed by atoms with Crippen molar-refractivity contribution in [2.45, 2.75) is 6.54 Å². The Morgan fingerprint density at radius 1 is 1.35 bits per heavy atom. The fraction of sp³-hybridized carbons (Fsp3) is 0.0769. The third kappa shape index (κ3) is 3.29. The van der Waals surface area contributed by atoms with Crippen LogP contribution in [0.4, 0.5) is 11.5 Å². The number of anilines is 1. The van der Waals surface area contributed by atoms with Gasteiger partial charge in [-0.3, -0.25) is 10.1 Å². The van der Waals surface area contributed by atoms with Gasteiger partial charge in [-0.25, -0.2) is 9.78 Å². The number of benzene rings is 1. The maximum absolute atomic E-state index is 10.8. The van der Waals surface area contributed by atoms with Crippen molar-refractivity contribution in [2.24, 2.45) is 0 Å². The maximum Gasteiger partial charge on any atom is 0.335 e. The molecule has 1 aromatic carbocycles. The van der Waals surface area contributed by atoms with Gasteiger partial charge in [-0.15, -0.1) is 0 Å². The summed E-state index contributed by atoms with van der Waals surface area (Å²) < 4.78 is 0. The highest BCUT2D eigenvalue weighted by atomic mass is 16.6. The van der Waals surface area contributed by atoms with Crippen LogP contribution in [0.5, 0.6) is 0 Å². The SMILES string of the molecule is O=C(O)c1cccc(CNc2cc([N+](=O)[O-])ccn2)c1. The van der Waals surface area contributed by atoms with Gasteiger partial charge in [0, 0.05) is 18.8 Å². The van der Waals surface area contributed by atoms with Gasteiger partial charge in [0.1, 0.15) is 5.82 Å². The number of aromatic carboxylic acids is 1. The second-order valence-electron chi connectivity index (χ2n) is 4.02. The topological polar surface area (TPSA) is 105 Å². The van der Waals surface area contributed by atoms with E-state index in [4.69, 9.17) is 5.11 Å². The maximum atomic E-state index is 10.8. The quantitative estimate of drug-likeness (QED) is 0.639. The van der Waals surface area contributed by atoms with Crippen LogP contribution < -0.4 is 5.32 Å². The zero-order valence-corrected chi connectivity index (χ0v) is 10.3. The first-order chi connectivity index (χ1) is 9.56. The molecule has 0 saturated carbocycles. The van der Waals surface area contributed by atoms with Gasteiger partial charge in [0.25, 0.3) is 5.69 Å². The van der Waals surface area contributed by atoms with E-state index in [0.717, 1.165) is 5.56 Å². The highest BCUT2D eigenvalue weighted by Gasteiger charge is 2.07. The lowest BCUT2D eigenvalue weighted by Gasteiger charge is -2.06. The summed E-state index contributed by atoms with van der Waals surface area (Å²) in [6, 6.07) is 9.06. The second kappa shape index (κ2) is 5.79. The molecule has 2 aromatic rings. The van der Waals surface area contributed by atoms with Crippen molar-refractivity contribution in [3.8, 4) is 0 Å². The molecule has 1 aromatic heterocycles. The van der Waals surface area contributed by atoms with Gasteiger partial charge in [-0.2, -0.15) is 0 Å². The first-order valence-electron chi connectivity index (χ1n) is 5.73. The van der Waals surface area contributed by atoms with E-state index in [0.29, 0.717) is 12.4 Å². The third-order valence-electron chi connectivity index (χ3n) is 2.60. The minimum absolute atomic E-state index is 0.0539. The van der Waals surface area contributed by atoms with E-state index in [1.54, 1.807) is 12.1 Å². The van der Waals surface area contributed by atoms with E-state index in [9.17, 15) is 14.9 Å². The number of carbonyl (C=O) groups is 1. The molecule has 0 radical (unpaired) electrons. The number of carboxylic acids is 1. The Kier molecular flexibility index (Phi) is 3.90. The predicted molar refractivity (Wildman–Crippen MR) is 71.6 cm³/mol. The summed E-state index contributed by atoms with van der Waals surface area (Å²) in [5.41, 5.74) is 0.885. The molecule has 0 saturated heterocycles. The molecule has 2 rings (SSSR count). The van der Waals surface area contributed by atoms with E-state index in [-0.39, 0.29) is 11.3 Å². The Balaban J connectivity index is 2.08. The molecule has 20 heavy (non-hydrogen) atoms. The molecule has 0 bridgehead atoms. The first-order valence-corrected chi connectivity index (χ1v) is 5.73. The monoisotopic (exact) mass is 273 g/mol. The van der Waals surface area contributed by atoms with Gasteiger partial charge in [0.2, 0.25) is 0 Å². The van der Waals surface area contributed by atoms with Crippen molar-refractivity contribution >= 4 is 17.5 Å². The van der Waals surface area contributed by atoms with Crippen molar-refractivity contribution < 1.29 is 14.8 Å². The van der Waals surface area contributed by atoms with Gasteiger partial charge >= 0.3 is 5.97 Å². The molecular weight excluding hydrogens is 262 g/mol. The van der Waals surface area contributed by atoms with Crippen LogP contribution in [0.1, 0.15) is 15.9 Å². The van der Waals surface area contributed by atoms with Crippen molar-refractivity contribution in [1.29, 1.82) is 0 Å². The van der Waals surface area contributed by atoms with E-state index < -0.39 is 10.9 Å². The molecule has 7 heteroatoms. The molecule has 0 amide bonds. The molecule has 102 valence electrons. The van der Waals surface area contributed by atoms with Crippen LogP contribution in [0.15, 0.2) is 42.6 Å². The van der Waals surface area contributed by atoms with Crippen LogP contribution in [0.2, 0.25) is 0 Å². The predicted octanol–water partition coefficient (Wildman–Crippen LogP) is 2.30. The average molecular weight is 273 g/mol. The summed E-state index contributed by atoms with van der Waals surface area (Å²) >= 11 is 0. The smallest absolute Gasteiger partial charge is 0.335 e. The second-order valence-corrected chi connectivity index (χ2v) is 4.02. The number of carboxylic acid groups (broad SMARTS) is 1. The number of rotatable bonds is 5. The van der Waals surface area contributed by atoms with Crippen LogP contribution in [0.3, 0.4) is 0 Å². The van der Waals surface area contributed by atoms with Crippen LogP contribution >= 0.6 is 0 Å². The Morgan fingerprint density at radius 3 is 2.85 bits per heavy atom. The first kappa shape index (κ1) is 13.5. The largest absolute Gasteiger partial charge is 0.478 e. The number of nitrogens with one attached hydrogen (secondary N) is 1. The van der Waals surface area contributed by atoms with Crippen LogP contribution in [-0.4, -0.2) is 21.0 Å². The normalized spacial score (nSPS) is 10.0. The highest BCUT2D eigenvalue weighted by molar-refractivity contribution is 5.87. The van der Waals surface area contributed by atoms with Crippen molar-refractivity contribution in [3.05, 3.63) is 63.8 Å². The summed E-state index contributed by atoms with van der Waals surface area (Å²) in [5, 5.41) is 22.4. The molecule has 0 fully saturated rings. The van der Waals surface area contributed by atoms with Gasteiger partial charge < -0.3 is 10.4 Å². The number of nitro groups is 1. The molecule has 1 heterocycles. The van der Waals surface area contributed by atoms with Crippen molar-refractivity contribution in [1.82, 2.24) is 4.98 Å². The van der Waals surface area contributed by atoms with Crippen LogP contribution in [-0.2, 0) is 6.54 Å². The molecule has 0 aliphatic heterocycles. The number of aromatic nitrogens is 1. The number of pyridine rings is 1. The number of nitrogens with zero attached hydrogens (tertiary/aromatic N) is 2. The molecule has 0 spiro atoms. The molecule has 0 aliphatic rings. The summed E-state index contributed by atoms with van der Waals surface area (Å²) in [6.45, 7) is 0.329. The molecular formula is C13H11N3O4. The highest BCUT2D eigenvalue weighted by Crippen LogP contribution is 2.15. The summed E-state index contributed by atoms with van der Waals surface area (Å²) in [6.07, 6.45) is 1.34. The minimum Gasteiger partial charge on any atom is -0.478 e. The lowest BCUT2D eigenvalue weighted by Crippen LogP contribution is -2.03. The van der Waals surface area contributed by atoms with Gasteiger partial charge in [0.05, 0.1) is 16.6 Å². The molecule has 0 aliphatic carbocycles. The molecule has 2 N–H and O–H groups in total. The zero-order valence-electron chi connectivity index (χ0n) is 10.3. The fourth-order valence-electron chi connectivity index (χ4n) is 1.64. The Hall–Kier alpha value is -2.96. The summed E-state index contributed by atoms with van der Waals surface area (Å²) in [4.78, 5) is 24.9. The average Bonchev–Trinajstić information content (AvgIpc) is 2.45. The summed E-state index contributed by atoms with van der Waals surface area (Å²) in [5.74, 6) is -0.639. The van der Waals surface area contributed by atoms with Gasteiger partial charge in [-0.05, 0) is 17.7 Å². The molecule has 0 atom stereocenters. The fourth-order valence-corrected chi connectivity index (χ4v) is 1.64. The Labute approximate surface area is 114 Å². The lowest BCUT2D eigenvalue weighted by molar-refractivity contribution is -0.384. The van der Waals surface area contributed by atoms with E-state index >= 15 is 0 Å². The number of hydrogen-bond donors (Lipinski definition) is 2. The molecule has 0 unspecified atom stereocenters. The van der Waals surface area contributed by atoms with Crippen LogP contribution in [0, 0.1) is 10.1 Å². The molecule has 7 nitrogen and oxygen atoms in total. The van der Waals surface area contributed by atoms with E-state index in [1.807, 2.05) is 0 Å².